The van der Waals surface area contributed by atoms with E-state index in [1.807, 2.05) is 29.8 Å². The number of halogens is 3. The number of carbonyl (C=O) groups is 1. The molecule has 2 aromatic carbocycles. The number of methoxy groups -OCH3 is 1. The first kappa shape index (κ1) is 23.0. The summed E-state index contributed by atoms with van der Waals surface area (Å²) in [5.74, 6) is -3.70. The number of carbonyl (C=O) groups excluding carboxylic acids is 1. The molecule has 0 radical (unpaired) electrons. The number of benzene rings is 2. The van der Waals surface area contributed by atoms with E-state index in [0.717, 1.165) is 29.9 Å². The zero-order valence-electron chi connectivity index (χ0n) is 19.3. The average molecular weight is 483 g/mol. The van der Waals surface area contributed by atoms with Crippen molar-refractivity contribution in [2.24, 2.45) is 0 Å². The molecule has 0 saturated carbocycles. The fourth-order valence-electron chi connectivity index (χ4n) is 4.83. The molecule has 2 saturated heterocycles. The van der Waals surface area contributed by atoms with Crippen LogP contribution in [0.3, 0.4) is 0 Å². The third kappa shape index (κ3) is 4.26. The highest BCUT2D eigenvalue weighted by atomic mass is 19.2. The fraction of sp³-hybridized carbons (Fsp3) is 0.308. The van der Waals surface area contributed by atoms with Gasteiger partial charge in [-0.25, -0.2) is 18.2 Å². The lowest BCUT2D eigenvalue weighted by Gasteiger charge is -2.45. The number of hydrogen-bond acceptors (Lipinski definition) is 4. The number of aryl methyl sites for hydroxylation is 1. The van der Waals surface area contributed by atoms with Gasteiger partial charge in [0.1, 0.15) is 12.4 Å². The molecular weight excluding hydrogens is 459 g/mol. The fourth-order valence-corrected chi connectivity index (χ4v) is 4.83. The topological polar surface area (TPSA) is 56.6 Å². The number of fused-ring (bicyclic) bond motifs is 1. The second-order valence-electron chi connectivity index (χ2n) is 8.78. The summed E-state index contributed by atoms with van der Waals surface area (Å²) in [6, 6.07) is 6.63. The average Bonchev–Trinajstić information content (AvgIpc) is 3.29. The maximum absolute atomic E-state index is 13.9. The SMILES string of the molecule is COc1cc(C=C2OC[C@H]3CCC[C@@H](c4cc(F)c(F)c(F)c4)N3C2=O)ccc1-n1cnc(C)c1. The van der Waals surface area contributed by atoms with Crippen molar-refractivity contribution in [3.8, 4) is 11.4 Å². The van der Waals surface area contributed by atoms with Crippen LogP contribution in [0.1, 0.15) is 42.1 Å². The lowest BCUT2D eigenvalue weighted by Crippen LogP contribution is -2.52. The second-order valence-corrected chi connectivity index (χ2v) is 8.78. The van der Waals surface area contributed by atoms with Gasteiger partial charge in [-0.2, -0.15) is 0 Å². The molecule has 0 spiro atoms. The van der Waals surface area contributed by atoms with E-state index in [1.54, 1.807) is 30.5 Å². The Morgan fingerprint density at radius 3 is 2.60 bits per heavy atom. The Morgan fingerprint density at radius 2 is 1.91 bits per heavy atom. The molecular formula is C26H24F3N3O3. The lowest BCUT2D eigenvalue weighted by molar-refractivity contribution is -0.146. The van der Waals surface area contributed by atoms with Crippen molar-refractivity contribution >= 4 is 12.0 Å². The highest BCUT2D eigenvalue weighted by Gasteiger charge is 2.41. The molecule has 5 rings (SSSR count). The number of ether oxygens (including phenoxy) is 2. The molecule has 1 amide bonds. The zero-order valence-corrected chi connectivity index (χ0v) is 19.3. The number of nitrogens with zero attached hydrogens (tertiary/aromatic N) is 3. The summed E-state index contributed by atoms with van der Waals surface area (Å²) in [6.07, 6.45) is 7.19. The Kier molecular flexibility index (Phi) is 6.00. The molecule has 35 heavy (non-hydrogen) atoms. The van der Waals surface area contributed by atoms with Crippen LogP contribution in [0, 0.1) is 24.4 Å². The second kappa shape index (κ2) is 9.13. The van der Waals surface area contributed by atoms with Crippen LogP contribution in [0.15, 0.2) is 48.6 Å². The molecule has 9 heteroatoms. The molecule has 2 aliphatic rings. The predicted octanol–water partition coefficient (Wildman–Crippen LogP) is 5.10. The number of imidazole rings is 1. The van der Waals surface area contributed by atoms with E-state index in [0.29, 0.717) is 24.2 Å². The third-order valence-corrected chi connectivity index (χ3v) is 6.50. The minimum atomic E-state index is -1.52. The van der Waals surface area contributed by atoms with Crippen LogP contribution in [-0.4, -0.2) is 40.1 Å². The Morgan fingerprint density at radius 1 is 1.14 bits per heavy atom. The van der Waals surface area contributed by atoms with Crippen LogP contribution in [0.2, 0.25) is 0 Å². The summed E-state index contributed by atoms with van der Waals surface area (Å²) in [4.78, 5) is 19.3. The summed E-state index contributed by atoms with van der Waals surface area (Å²) in [5.41, 5.74) is 2.59. The quantitative estimate of drug-likeness (QED) is 0.383. The number of hydrogen-bond donors (Lipinski definition) is 0. The van der Waals surface area contributed by atoms with Crippen molar-refractivity contribution < 1.29 is 27.4 Å². The van der Waals surface area contributed by atoms with E-state index < -0.39 is 23.5 Å². The minimum Gasteiger partial charge on any atom is -0.495 e. The normalized spacial score (nSPS) is 21.1. The van der Waals surface area contributed by atoms with Gasteiger partial charge in [-0.15, -0.1) is 0 Å². The maximum atomic E-state index is 13.9. The van der Waals surface area contributed by atoms with Crippen LogP contribution < -0.4 is 4.74 Å². The van der Waals surface area contributed by atoms with Gasteiger partial charge in [-0.05, 0) is 67.7 Å². The van der Waals surface area contributed by atoms with Gasteiger partial charge in [0.25, 0.3) is 5.91 Å². The summed E-state index contributed by atoms with van der Waals surface area (Å²) in [6.45, 7) is 2.16. The molecule has 0 bridgehead atoms. The predicted molar refractivity (Wildman–Crippen MR) is 122 cm³/mol. The van der Waals surface area contributed by atoms with Crippen LogP contribution in [0.25, 0.3) is 11.8 Å². The molecule has 6 nitrogen and oxygen atoms in total. The van der Waals surface area contributed by atoms with Gasteiger partial charge >= 0.3 is 0 Å². The maximum Gasteiger partial charge on any atom is 0.289 e. The highest BCUT2D eigenvalue weighted by molar-refractivity contribution is 5.97. The number of piperidine rings is 1. The van der Waals surface area contributed by atoms with E-state index >= 15 is 0 Å². The third-order valence-electron chi connectivity index (χ3n) is 6.50. The molecule has 2 aliphatic heterocycles. The van der Waals surface area contributed by atoms with Crippen molar-refractivity contribution in [2.45, 2.75) is 38.3 Å². The van der Waals surface area contributed by atoms with Gasteiger partial charge in [-0.1, -0.05) is 6.07 Å². The van der Waals surface area contributed by atoms with Gasteiger partial charge in [0, 0.05) is 6.20 Å². The van der Waals surface area contributed by atoms with E-state index in [-0.39, 0.29) is 29.9 Å². The smallest absolute Gasteiger partial charge is 0.289 e. The van der Waals surface area contributed by atoms with Gasteiger partial charge < -0.3 is 18.9 Å². The highest BCUT2D eigenvalue weighted by Crippen LogP contribution is 2.39. The van der Waals surface area contributed by atoms with Crippen molar-refractivity contribution in [3.05, 3.63) is 82.9 Å². The summed E-state index contributed by atoms with van der Waals surface area (Å²) in [5, 5.41) is 0. The molecule has 2 fully saturated rings. The zero-order chi connectivity index (χ0) is 24.7. The van der Waals surface area contributed by atoms with E-state index in [4.69, 9.17) is 9.47 Å². The first-order valence-electron chi connectivity index (χ1n) is 11.4. The Hall–Kier alpha value is -3.75. The number of aromatic nitrogens is 2. The monoisotopic (exact) mass is 483 g/mol. The van der Waals surface area contributed by atoms with Crippen LogP contribution in [0.4, 0.5) is 13.2 Å². The van der Waals surface area contributed by atoms with Crippen LogP contribution in [-0.2, 0) is 9.53 Å². The first-order chi connectivity index (χ1) is 16.9. The minimum absolute atomic E-state index is 0.129. The Balaban J connectivity index is 1.46. The largest absolute Gasteiger partial charge is 0.495 e. The van der Waals surface area contributed by atoms with Gasteiger partial charge in [0.05, 0.1) is 36.9 Å². The summed E-state index contributed by atoms with van der Waals surface area (Å²) >= 11 is 0. The Labute approximate surface area is 200 Å². The van der Waals surface area contributed by atoms with Crippen molar-refractivity contribution in [1.29, 1.82) is 0 Å². The number of amides is 1. The molecule has 3 heterocycles. The first-order valence-corrected chi connectivity index (χ1v) is 11.4. The van der Waals surface area contributed by atoms with Gasteiger partial charge in [-0.3, -0.25) is 4.79 Å². The van der Waals surface area contributed by atoms with Crippen molar-refractivity contribution in [1.82, 2.24) is 14.5 Å². The summed E-state index contributed by atoms with van der Waals surface area (Å²) in [7, 11) is 1.56. The van der Waals surface area contributed by atoms with Gasteiger partial charge in [0.2, 0.25) is 0 Å². The van der Waals surface area contributed by atoms with Crippen LogP contribution in [0.5, 0.6) is 5.75 Å². The molecule has 182 valence electrons. The van der Waals surface area contributed by atoms with Gasteiger partial charge in [0.15, 0.2) is 23.2 Å². The van der Waals surface area contributed by atoms with Crippen molar-refractivity contribution in [2.75, 3.05) is 13.7 Å². The molecule has 0 N–H and O–H groups in total. The molecule has 0 aliphatic carbocycles. The van der Waals surface area contributed by atoms with Crippen molar-refractivity contribution in [3.63, 3.8) is 0 Å². The Bertz CT molecular complexity index is 1300. The lowest BCUT2D eigenvalue weighted by atomic mass is 9.89. The van der Waals surface area contributed by atoms with E-state index in [2.05, 4.69) is 4.98 Å². The molecule has 3 aromatic rings. The number of rotatable bonds is 4. The molecule has 0 unspecified atom stereocenters. The number of morpholine rings is 1. The summed E-state index contributed by atoms with van der Waals surface area (Å²) < 4.78 is 54.6. The standard InChI is InChI=1S/C26H24F3N3O3/c1-15-12-31(14-30-15)22-7-6-16(8-23(22)34-2)9-24-26(33)32-18(13-35-24)4-3-5-21(32)17-10-19(27)25(29)20(28)11-17/h6-12,14,18,21H,3-5,13H2,1-2H3/t18-,21+/m1/s1. The molecule has 2 atom stereocenters. The van der Waals surface area contributed by atoms with E-state index in [1.165, 1.54) is 0 Å². The van der Waals surface area contributed by atoms with Crippen LogP contribution >= 0.6 is 0 Å². The van der Waals surface area contributed by atoms with E-state index in [9.17, 15) is 18.0 Å². The molecule has 1 aromatic heterocycles.